The molecule has 0 radical (unpaired) electrons. The molecule has 1 aromatic carbocycles. The molecule has 0 saturated heterocycles. The van der Waals surface area contributed by atoms with Gasteiger partial charge in [0.2, 0.25) is 0 Å². The number of rotatable bonds is 2. The van der Waals surface area contributed by atoms with Gasteiger partial charge >= 0.3 is 0 Å². The third-order valence-corrected chi connectivity index (χ3v) is 3.94. The Kier molecular flexibility index (Phi) is 7.69. The molecule has 0 aliphatic heterocycles. The van der Waals surface area contributed by atoms with Crippen LogP contribution in [-0.2, 0) is 0 Å². The summed E-state index contributed by atoms with van der Waals surface area (Å²) in [6.07, 6.45) is 7.06. The fraction of sp³-hybridized carbons (Fsp3) is 0.217. The number of pyridine rings is 2. The summed E-state index contributed by atoms with van der Waals surface area (Å²) in [6.45, 7) is 6.24. The minimum absolute atomic E-state index is 0.500. The molecule has 4 aromatic rings. The lowest BCUT2D eigenvalue weighted by Gasteiger charge is -2.05. The van der Waals surface area contributed by atoms with Crippen LogP contribution >= 0.6 is 0 Å². The second kappa shape index (κ2) is 10.2. The highest BCUT2D eigenvalue weighted by molar-refractivity contribution is 5.71. The van der Waals surface area contributed by atoms with Crippen molar-refractivity contribution in [2.75, 3.05) is 12.9 Å². The van der Waals surface area contributed by atoms with Crippen molar-refractivity contribution >= 4 is 11.3 Å². The topological polar surface area (TPSA) is 56.2 Å². The van der Waals surface area contributed by atoms with Gasteiger partial charge in [-0.1, -0.05) is 38.5 Å². The molecule has 146 valence electrons. The number of hydrogen-bond donors (Lipinski definition) is 1. The number of anilines is 1. The quantitative estimate of drug-likeness (QED) is 0.438. The lowest BCUT2D eigenvalue weighted by atomic mass is 10.1. The third kappa shape index (κ3) is 4.94. The van der Waals surface area contributed by atoms with Crippen LogP contribution in [0.5, 0.6) is 0 Å². The summed E-state index contributed by atoms with van der Waals surface area (Å²) in [4.78, 5) is 8.89. The number of benzene rings is 1. The highest BCUT2D eigenvalue weighted by atomic mass is 19.1. The maximum atomic E-state index is 9.50. The maximum absolute atomic E-state index is 9.50. The van der Waals surface area contributed by atoms with Gasteiger partial charge < -0.3 is 5.73 Å². The summed E-state index contributed by atoms with van der Waals surface area (Å²) >= 11 is 0. The molecule has 0 amide bonds. The molecule has 4 nitrogen and oxygen atoms in total. The maximum Gasteiger partial charge on any atom is 0.137 e. The lowest BCUT2D eigenvalue weighted by Crippen LogP contribution is -1.91. The minimum Gasteiger partial charge on any atom is -0.399 e. The molecule has 0 spiro atoms. The Labute approximate surface area is 165 Å². The molecular weight excluding hydrogens is 351 g/mol. The van der Waals surface area contributed by atoms with Gasteiger partial charge in [0, 0.05) is 34.9 Å². The van der Waals surface area contributed by atoms with Crippen molar-refractivity contribution in [1.82, 2.24) is 14.4 Å². The van der Waals surface area contributed by atoms with Gasteiger partial charge in [0.15, 0.2) is 0 Å². The second-order valence-electron chi connectivity index (χ2n) is 6.31. The van der Waals surface area contributed by atoms with E-state index in [4.69, 9.17) is 5.73 Å². The van der Waals surface area contributed by atoms with Crippen LogP contribution < -0.4 is 5.73 Å². The Bertz CT molecular complexity index is 1010. The molecule has 0 unspecified atom stereocenters. The van der Waals surface area contributed by atoms with Crippen LogP contribution in [0.25, 0.3) is 28.0 Å². The number of alkyl halides is 1. The van der Waals surface area contributed by atoms with E-state index < -0.39 is 0 Å². The van der Waals surface area contributed by atoms with E-state index in [0.29, 0.717) is 7.18 Å². The largest absolute Gasteiger partial charge is 0.399 e. The number of fused-ring (bicyclic) bond motifs is 1. The zero-order valence-electron chi connectivity index (χ0n) is 16.9. The van der Waals surface area contributed by atoms with E-state index in [2.05, 4.69) is 46.4 Å². The zero-order valence-corrected chi connectivity index (χ0v) is 16.9. The van der Waals surface area contributed by atoms with Crippen molar-refractivity contribution in [2.45, 2.75) is 27.2 Å². The molecule has 28 heavy (non-hydrogen) atoms. The van der Waals surface area contributed by atoms with Crippen molar-refractivity contribution in [3.63, 3.8) is 0 Å². The monoisotopic (exact) mass is 378 g/mol. The van der Waals surface area contributed by atoms with E-state index >= 15 is 0 Å². The van der Waals surface area contributed by atoms with Crippen LogP contribution in [0.15, 0.2) is 67.1 Å². The van der Waals surface area contributed by atoms with Gasteiger partial charge in [-0.3, -0.25) is 13.8 Å². The predicted molar refractivity (Wildman–Crippen MR) is 116 cm³/mol. The predicted octanol–water partition coefficient (Wildman–Crippen LogP) is 5.96. The number of nitrogens with zero attached hydrogens (tertiary/aromatic N) is 3. The van der Waals surface area contributed by atoms with Gasteiger partial charge in [-0.05, 0) is 42.8 Å². The standard InChI is InChI=1S/C19H16N4.C3H8.CH3F/c1-13-5-6-16(11-21-13)14-7-8-23-18(12-22-19(23)10-14)15-3-2-4-17(20)9-15;1-3-2;1-2/h2-12H,20H2,1H3;3H2,1-2H3;1H3. The Balaban J connectivity index is 0.000000514. The van der Waals surface area contributed by atoms with Crippen molar-refractivity contribution in [2.24, 2.45) is 0 Å². The average molecular weight is 378 g/mol. The number of aromatic nitrogens is 3. The first kappa shape index (κ1) is 21.1. The summed E-state index contributed by atoms with van der Waals surface area (Å²) in [5.41, 5.74) is 12.8. The Morgan fingerprint density at radius 3 is 2.29 bits per heavy atom. The molecule has 0 fully saturated rings. The van der Waals surface area contributed by atoms with Gasteiger partial charge in [-0.2, -0.15) is 0 Å². The molecule has 0 atom stereocenters. The van der Waals surface area contributed by atoms with E-state index in [0.717, 1.165) is 39.4 Å². The van der Waals surface area contributed by atoms with Crippen LogP contribution in [0.2, 0.25) is 0 Å². The number of nitrogens with two attached hydrogens (primary N) is 1. The molecule has 0 aliphatic rings. The van der Waals surface area contributed by atoms with Crippen LogP contribution in [0.4, 0.5) is 10.1 Å². The zero-order chi connectivity index (χ0) is 20.5. The summed E-state index contributed by atoms with van der Waals surface area (Å²) in [7, 11) is 0.500. The SMILES string of the molecule is CCC.CF.Cc1ccc(-c2ccn3c(-c4cccc(N)c4)cnc3c2)cn1. The van der Waals surface area contributed by atoms with Gasteiger partial charge in [-0.15, -0.1) is 0 Å². The minimum atomic E-state index is 0.500. The van der Waals surface area contributed by atoms with Crippen LogP contribution in [0, 0.1) is 6.92 Å². The fourth-order valence-corrected chi connectivity index (χ4v) is 2.71. The Hall–Kier alpha value is -3.21. The van der Waals surface area contributed by atoms with E-state index in [9.17, 15) is 4.39 Å². The van der Waals surface area contributed by atoms with Gasteiger partial charge in [-0.25, -0.2) is 4.98 Å². The molecule has 3 heterocycles. The summed E-state index contributed by atoms with van der Waals surface area (Å²) < 4.78 is 11.6. The Morgan fingerprint density at radius 1 is 0.893 bits per heavy atom. The number of halogens is 1. The highest BCUT2D eigenvalue weighted by Gasteiger charge is 2.07. The first-order chi connectivity index (χ1) is 13.6. The number of imidazole rings is 1. The highest BCUT2D eigenvalue weighted by Crippen LogP contribution is 2.25. The third-order valence-electron chi connectivity index (χ3n) is 3.94. The number of nitrogen functional groups attached to an aromatic ring is 1. The van der Waals surface area contributed by atoms with Gasteiger partial charge in [0.1, 0.15) is 5.65 Å². The Morgan fingerprint density at radius 2 is 1.64 bits per heavy atom. The first-order valence-corrected chi connectivity index (χ1v) is 9.26. The van der Waals surface area contributed by atoms with Crippen molar-refractivity contribution in [3.8, 4) is 22.4 Å². The molecule has 0 saturated carbocycles. The smallest absolute Gasteiger partial charge is 0.137 e. The second-order valence-corrected chi connectivity index (χ2v) is 6.31. The van der Waals surface area contributed by atoms with Crippen LogP contribution in [0.3, 0.4) is 0 Å². The van der Waals surface area contributed by atoms with E-state index in [1.165, 1.54) is 6.42 Å². The van der Waals surface area contributed by atoms with Crippen LogP contribution in [-0.4, -0.2) is 21.5 Å². The molecule has 5 heteroatoms. The molecule has 4 rings (SSSR count). The van der Waals surface area contributed by atoms with Gasteiger partial charge in [0.25, 0.3) is 0 Å². The van der Waals surface area contributed by atoms with Crippen molar-refractivity contribution in [3.05, 3.63) is 72.8 Å². The summed E-state index contributed by atoms with van der Waals surface area (Å²) in [5.74, 6) is 0. The summed E-state index contributed by atoms with van der Waals surface area (Å²) in [6, 6.07) is 16.1. The number of aryl methyl sites for hydroxylation is 1. The summed E-state index contributed by atoms with van der Waals surface area (Å²) in [5, 5.41) is 0. The molecule has 0 aliphatic carbocycles. The van der Waals surface area contributed by atoms with Crippen molar-refractivity contribution < 1.29 is 4.39 Å². The van der Waals surface area contributed by atoms with E-state index in [-0.39, 0.29) is 0 Å². The number of hydrogen-bond acceptors (Lipinski definition) is 3. The average Bonchev–Trinajstić information content (AvgIpc) is 3.14. The molecule has 2 N–H and O–H groups in total. The van der Waals surface area contributed by atoms with Gasteiger partial charge in [0.05, 0.1) is 19.1 Å². The molecular formula is C23H27FN4. The van der Waals surface area contributed by atoms with E-state index in [1.54, 1.807) is 0 Å². The lowest BCUT2D eigenvalue weighted by molar-refractivity contribution is 0.636. The normalized spacial score (nSPS) is 9.89. The van der Waals surface area contributed by atoms with E-state index in [1.807, 2.05) is 55.8 Å². The first-order valence-electron chi connectivity index (χ1n) is 9.26. The fourth-order valence-electron chi connectivity index (χ4n) is 2.71. The van der Waals surface area contributed by atoms with Crippen molar-refractivity contribution in [1.29, 1.82) is 0 Å². The van der Waals surface area contributed by atoms with Crippen LogP contribution in [0.1, 0.15) is 26.0 Å². The molecule has 3 aromatic heterocycles. The molecule has 0 bridgehead atoms.